The lowest BCUT2D eigenvalue weighted by molar-refractivity contribution is 0.953. The fourth-order valence-electron chi connectivity index (χ4n) is 6.89. The molecule has 0 amide bonds. The number of hydrogen-bond donors (Lipinski definition) is 0. The molecule has 0 atom stereocenters. The van der Waals surface area contributed by atoms with Gasteiger partial charge in [0, 0.05) is 38.4 Å². The zero-order chi connectivity index (χ0) is 57.0. The predicted octanol–water partition coefficient (Wildman–Crippen LogP) is 12.7. The standard InChI is InChI=1S/C51H33N5/c1-4-15-34(16-5-1)36-27-29-38(30-28-36)50-52-49(37-19-8-3-9-20-37)53-51(54-50)56-44-26-13-11-24-42(44)48-46(56)32-31-45-47(48)41-23-10-12-25-43(41)55(45)40-22-14-21-39(33-40)35-17-6-2-7-18-35/h1-33H/i1D,2D,3D,4D,5D,6D,7D,8D,9D,14D,15D,16D,17D,18D,19D,20D,21D,22D,27D,28D,29D,30D,33D. The summed E-state index contributed by atoms with van der Waals surface area (Å²) in [6, 6.07) is -0.199. The normalized spacial score (nSPS) is 17.3. The third kappa shape index (κ3) is 5.21. The summed E-state index contributed by atoms with van der Waals surface area (Å²) in [7, 11) is 0. The first-order valence-electron chi connectivity index (χ1n) is 28.5. The fourth-order valence-corrected chi connectivity index (χ4v) is 6.89. The van der Waals surface area contributed by atoms with Gasteiger partial charge in [0.1, 0.15) is 0 Å². The van der Waals surface area contributed by atoms with Gasteiger partial charge < -0.3 is 4.57 Å². The van der Waals surface area contributed by atoms with E-state index in [1.165, 1.54) is 9.13 Å². The third-order valence-corrected chi connectivity index (χ3v) is 9.20. The van der Waals surface area contributed by atoms with Crippen LogP contribution in [0.5, 0.6) is 0 Å². The molecule has 5 nitrogen and oxygen atoms in total. The van der Waals surface area contributed by atoms with Gasteiger partial charge in [-0.25, -0.2) is 4.98 Å². The van der Waals surface area contributed by atoms with Crippen molar-refractivity contribution >= 4 is 43.6 Å². The summed E-state index contributed by atoms with van der Waals surface area (Å²) >= 11 is 0. The Morgan fingerprint density at radius 1 is 0.357 bits per heavy atom. The zero-order valence-corrected chi connectivity index (χ0v) is 28.5. The Bertz CT molecular complexity index is 4490. The molecule has 0 saturated heterocycles. The van der Waals surface area contributed by atoms with Crippen LogP contribution < -0.4 is 0 Å². The largest absolute Gasteiger partial charge is 0.309 e. The molecule has 5 heteroatoms. The Balaban J connectivity index is 1.25. The number of nitrogens with zero attached hydrogens (tertiary/aromatic N) is 5. The molecule has 0 radical (unpaired) electrons. The molecule has 0 aliphatic heterocycles. The Morgan fingerprint density at radius 3 is 1.41 bits per heavy atom. The molecular formula is C51H33N5. The average molecular weight is 739 g/mol. The van der Waals surface area contributed by atoms with Gasteiger partial charge in [-0.1, -0.05) is 163 Å². The summed E-state index contributed by atoms with van der Waals surface area (Å²) in [5, 5.41) is 2.00. The SMILES string of the molecule is [2H]c1c([2H])c([2H])c(-c2nc(-c3c([2H])c([2H])c(-c4c([2H])c([2H])c([2H])c([2H])c4[2H])c([2H])c3[2H])nc(-n3c4ccccc4c4c5c6ccccc6n(-c6c([2H])c([2H])c([2H])c(-c7c([2H])c([2H])c([2H])c([2H])c7[2H])c6[2H])c5ccc43)n2)c([2H])c1[2H]. The van der Waals surface area contributed by atoms with Crippen LogP contribution >= 0.6 is 0 Å². The highest BCUT2D eigenvalue weighted by Crippen LogP contribution is 2.42. The second-order valence-corrected chi connectivity index (χ2v) is 12.3. The Morgan fingerprint density at radius 2 is 0.804 bits per heavy atom. The smallest absolute Gasteiger partial charge is 0.238 e. The maximum absolute atomic E-state index is 9.64. The molecule has 0 unspecified atom stereocenters. The lowest BCUT2D eigenvalue weighted by Gasteiger charge is -2.12. The molecule has 0 spiro atoms. The second kappa shape index (κ2) is 13.0. The van der Waals surface area contributed by atoms with E-state index in [1.54, 1.807) is 60.7 Å². The molecule has 0 N–H and O–H groups in total. The summed E-state index contributed by atoms with van der Waals surface area (Å²) in [4.78, 5) is 13.9. The first-order chi connectivity index (χ1) is 37.3. The lowest BCUT2D eigenvalue weighted by Crippen LogP contribution is -2.06. The van der Waals surface area contributed by atoms with Crippen LogP contribution in [0.3, 0.4) is 0 Å². The second-order valence-electron chi connectivity index (χ2n) is 12.3. The van der Waals surface area contributed by atoms with Crippen molar-refractivity contribution in [1.29, 1.82) is 0 Å². The van der Waals surface area contributed by atoms with Gasteiger partial charge in [-0.2, -0.15) is 9.97 Å². The summed E-state index contributed by atoms with van der Waals surface area (Å²) < 4.78 is 204. The number of para-hydroxylation sites is 2. The van der Waals surface area contributed by atoms with E-state index in [-0.39, 0.29) is 11.6 Å². The molecular weight excluding hydrogens is 683 g/mol. The van der Waals surface area contributed by atoms with Gasteiger partial charge in [0.15, 0.2) is 11.6 Å². The number of rotatable bonds is 6. The highest BCUT2D eigenvalue weighted by Gasteiger charge is 2.22. The van der Waals surface area contributed by atoms with Gasteiger partial charge in [-0.15, -0.1) is 0 Å². The van der Waals surface area contributed by atoms with Crippen LogP contribution in [0, 0.1) is 0 Å². The van der Waals surface area contributed by atoms with Crippen LogP contribution in [-0.4, -0.2) is 24.1 Å². The molecule has 11 rings (SSSR count). The molecule has 0 fully saturated rings. The van der Waals surface area contributed by atoms with Crippen LogP contribution in [-0.2, 0) is 0 Å². The molecule has 262 valence electrons. The maximum Gasteiger partial charge on any atom is 0.238 e. The van der Waals surface area contributed by atoms with E-state index in [0.717, 1.165) is 0 Å². The highest BCUT2D eigenvalue weighted by atomic mass is 15.2. The highest BCUT2D eigenvalue weighted by molar-refractivity contribution is 6.28. The molecule has 11 aromatic rings. The fraction of sp³-hybridized carbons (Fsp3) is 0. The molecule has 3 heterocycles. The number of aromatic nitrogens is 5. The summed E-state index contributed by atoms with van der Waals surface area (Å²) in [6.07, 6.45) is 0. The van der Waals surface area contributed by atoms with Crippen LogP contribution in [0.25, 0.3) is 100 Å². The maximum atomic E-state index is 9.64. The van der Waals surface area contributed by atoms with Crippen LogP contribution in [0.4, 0.5) is 0 Å². The van der Waals surface area contributed by atoms with Crippen molar-refractivity contribution in [3.63, 3.8) is 0 Å². The Hall–Kier alpha value is -7.63. The van der Waals surface area contributed by atoms with Gasteiger partial charge >= 0.3 is 0 Å². The third-order valence-electron chi connectivity index (χ3n) is 9.20. The summed E-state index contributed by atoms with van der Waals surface area (Å²) in [6.45, 7) is 0. The van der Waals surface area contributed by atoms with Crippen molar-refractivity contribution in [2.75, 3.05) is 0 Å². The molecule has 0 bridgehead atoms. The van der Waals surface area contributed by atoms with E-state index in [4.69, 9.17) is 36.0 Å². The number of hydrogen-bond acceptors (Lipinski definition) is 3. The quantitative estimate of drug-likeness (QED) is 0.171. The van der Waals surface area contributed by atoms with E-state index >= 15 is 0 Å². The van der Waals surface area contributed by atoms with Crippen molar-refractivity contribution in [2.24, 2.45) is 0 Å². The molecule has 56 heavy (non-hydrogen) atoms. The van der Waals surface area contributed by atoms with Crippen LogP contribution in [0.15, 0.2) is 200 Å². The van der Waals surface area contributed by atoms with Crippen LogP contribution in [0.2, 0.25) is 0 Å². The summed E-state index contributed by atoms with van der Waals surface area (Å²) in [5.74, 6) is -1.48. The van der Waals surface area contributed by atoms with Gasteiger partial charge in [0.25, 0.3) is 0 Å². The number of benzene rings is 8. The molecule has 0 aliphatic carbocycles. The minimum absolute atomic E-state index is 0.250. The lowest BCUT2D eigenvalue weighted by atomic mass is 10.0. The van der Waals surface area contributed by atoms with E-state index in [1.807, 2.05) is 0 Å². The number of fused-ring (bicyclic) bond motifs is 7. The van der Waals surface area contributed by atoms with E-state index in [9.17, 15) is 5.48 Å². The first kappa shape index (κ1) is 16.4. The monoisotopic (exact) mass is 738 g/mol. The van der Waals surface area contributed by atoms with Crippen molar-refractivity contribution in [2.45, 2.75) is 0 Å². The van der Waals surface area contributed by atoms with E-state index in [0.29, 0.717) is 43.6 Å². The Labute approximate surface area is 355 Å². The summed E-state index contributed by atoms with van der Waals surface area (Å²) in [5.41, 5.74) is -2.15. The van der Waals surface area contributed by atoms with Crippen molar-refractivity contribution < 1.29 is 31.5 Å². The molecule has 0 aliphatic rings. The molecule has 3 aromatic heterocycles. The van der Waals surface area contributed by atoms with Crippen molar-refractivity contribution in [1.82, 2.24) is 24.1 Å². The van der Waals surface area contributed by atoms with E-state index in [2.05, 4.69) is 4.98 Å². The minimum Gasteiger partial charge on any atom is -0.309 e. The van der Waals surface area contributed by atoms with Crippen molar-refractivity contribution in [3.05, 3.63) is 200 Å². The van der Waals surface area contributed by atoms with Crippen molar-refractivity contribution in [3.8, 4) is 56.7 Å². The Kier molecular flexibility index (Phi) is 3.82. The predicted molar refractivity (Wildman–Crippen MR) is 230 cm³/mol. The van der Waals surface area contributed by atoms with Gasteiger partial charge in [-0.05, 0) is 58.6 Å². The van der Waals surface area contributed by atoms with Gasteiger partial charge in [-0.3, -0.25) is 4.57 Å². The average Bonchev–Trinajstić information content (AvgIpc) is 3.63. The zero-order valence-electron chi connectivity index (χ0n) is 51.5. The van der Waals surface area contributed by atoms with Gasteiger partial charge in [0.2, 0.25) is 5.95 Å². The van der Waals surface area contributed by atoms with E-state index < -0.39 is 184 Å². The molecule has 0 saturated carbocycles. The topological polar surface area (TPSA) is 48.5 Å². The van der Waals surface area contributed by atoms with Crippen LogP contribution in [0.1, 0.15) is 31.5 Å². The first-order valence-corrected chi connectivity index (χ1v) is 17.0. The van der Waals surface area contributed by atoms with Gasteiger partial charge in [0.05, 0.1) is 53.6 Å². The molecule has 8 aromatic carbocycles. The minimum atomic E-state index is -0.849.